The molecule has 1 rings (SSSR count). The molecule has 0 aliphatic heterocycles. The van der Waals surface area contributed by atoms with Crippen LogP contribution in [0.15, 0.2) is 0 Å². The second-order valence-corrected chi connectivity index (χ2v) is 6.28. The predicted molar refractivity (Wildman–Crippen MR) is 80.4 cm³/mol. The van der Waals surface area contributed by atoms with Crippen molar-refractivity contribution in [3.63, 3.8) is 0 Å². The Balaban J connectivity index is 2.84. The van der Waals surface area contributed by atoms with E-state index in [9.17, 15) is 0 Å². The van der Waals surface area contributed by atoms with Crippen LogP contribution in [0.5, 0.6) is 0 Å². The maximum atomic E-state index is 5.80. The number of hydrogen-bond donors (Lipinski definition) is 1. The van der Waals surface area contributed by atoms with Crippen LogP contribution in [-0.2, 0) is 6.54 Å². The molecule has 17 heavy (non-hydrogen) atoms. The van der Waals surface area contributed by atoms with Gasteiger partial charge >= 0.3 is 0 Å². The molecular weight excluding hydrogens is 250 g/mol. The maximum absolute atomic E-state index is 5.80. The molecule has 0 aromatic carbocycles. The van der Waals surface area contributed by atoms with Crippen LogP contribution in [0.2, 0.25) is 0 Å². The van der Waals surface area contributed by atoms with Gasteiger partial charge in [-0.2, -0.15) is 11.8 Å². The number of rotatable bonds is 7. The van der Waals surface area contributed by atoms with Gasteiger partial charge < -0.3 is 10.6 Å². The largest absolute Gasteiger partial charge is 0.350 e. The maximum Gasteiger partial charge on any atom is 0.185 e. The number of nitrogens with two attached hydrogens (primary N) is 1. The fourth-order valence-electron chi connectivity index (χ4n) is 1.56. The molecule has 0 aliphatic rings. The zero-order valence-corrected chi connectivity index (χ0v) is 12.8. The molecule has 2 N–H and O–H groups in total. The average Bonchev–Trinajstić information content (AvgIpc) is 2.79. The highest BCUT2D eigenvalue weighted by Gasteiger charge is 2.16. The summed E-state index contributed by atoms with van der Waals surface area (Å²) in [5.74, 6) is 1.64. The molecule has 0 radical (unpaired) electrons. The molecule has 0 amide bonds. The number of aromatic nitrogens is 1. The van der Waals surface area contributed by atoms with Crippen molar-refractivity contribution < 1.29 is 0 Å². The molecule has 0 saturated carbocycles. The third-order valence-electron chi connectivity index (χ3n) is 2.94. The normalized spacial score (nSPS) is 12.8. The molecule has 0 spiro atoms. The topological polar surface area (TPSA) is 42.2 Å². The highest BCUT2D eigenvalue weighted by molar-refractivity contribution is 7.98. The minimum Gasteiger partial charge on any atom is -0.350 e. The van der Waals surface area contributed by atoms with Crippen LogP contribution in [0.4, 0.5) is 5.13 Å². The van der Waals surface area contributed by atoms with E-state index < -0.39 is 0 Å². The number of nitrogens with zero attached hydrogens (tertiary/aromatic N) is 2. The van der Waals surface area contributed by atoms with Crippen LogP contribution in [0.25, 0.3) is 0 Å². The van der Waals surface area contributed by atoms with Crippen molar-refractivity contribution >= 4 is 28.2 Å². The molecule has 1 aromatic rings. The van der Waals surface area contributed by atoms with Crippen LogP contribution in [-0.4, -0.2) is 30.6 Å². The van der Waals surface area contributed by atoms with Gasteiger partial charge in [-0.3, -0.25) is 0 Å². The molecule has 3 nitrogen and oxygen atoms in total. The van der Waals surface area contributed by atoms with E-state index in [1.54, 1.807) is 11.3 Å². The number of anilines is 1. The van der Waals surface area contributed by atoms with E-state index in [4.69, 9.17) is 10.7 Å². The molecule has 0 bridgehead atoms. The predicted octanol–water partition coefficient (Wildman–Crippen LogP) is 2.91. The molecule has 5 heteroatoms. The van der Waals surface area contributed by atoms with E-state index in [2.05, 4.69) is 32.1 Å². The van der Waals surface area contributed by atoms with E-state index in [-0.39, 0.29) is 0 Å². The lowest BCUT2D eigenvalue weighted by Crippen LogP contribution is -2.19. The zero-order chi connectivity index (χ0) is 12.8. The van der Waals surface area contributed by atoms with Crippen LogP contribution in [0.3, 0.4) is 0 Å². The quantitative estimate of drug-likeness (QED) is 0.829. The van der Waals surface area contributed by atoms with Gasteiger partial charge in [0.25, 0.3) is 0 Å². The van der Waals surface area contributed by atoms with Gasteiger partial charge in [-0.05, 0) is 18.6 Å². The van der Waals surface area contributed by atoms with Gasteiger partial charge in [-0.1, -0.05) is 13.8 Å². The smallest absolute Gasteiger partial charge is 0.185 e. The van der Waals surface area contributed by atoms with Crippen molar-refractivity contribution in [3.05, 3.63) is 10.6 Å². The van der Waals surface area contributed by atoms with Crippen molar-refractivity contribution in [2.75, 3.05) is 30.5 Å². The lowest BCUT2D eigenvalue weighted by atomic mass is 10.0. The summed E-state index contributed by atoms with van der Waals surface area (Å²) >= 11 is 3.60. The molecule has 1 aromatic heterocycles. The zero-order valence-electron chi connectivity index (χ0n) is 11.2. The number of thioether (sulfide) groups is 1. The van der Waals surface area contributed by atoms with Crippen molar-refractivity contribution in [2.24, 2.45) is 5.73 Å². The third-order valence-corrected chi connectivity index (χ3v) is 4.74. The number of hydrogen-bond acceptors (Lipinski definition) is 5. The Kier molecular flexibility index (Phi) is 6.30. The Labute approximate surface area is 113 Å². The summed E-state index contributed by atoms with van der Waals surface area (Å²) in [6, 6.07) is 0. The third kappa shape index (κ3) is 3.86. The van der Waals surface area contributed by atoms with Crippen LogP contribution in [0.1, 0.15) is 36.8 Å². The summed E-state index contributed by atoms with van der Waals surface area (Å²) in [7, 11) is 2.11. The van der Waals surface area contributed by atoms with Crippen molar-refractivity contribution in [2.45, 2.75) is 32.7 Å². The number of thiazole rings is 1. The standard InChI is InChI=1S/C12H23N3S2/c1-5-9(2)11-10(8-13)17-12(14-11)15(3)6-7-16-4/h9H,5-8,13H2,1-4H3. The molecule has 98 valence electrons. The summed E-state index contributed by atoms with van der Waals surface area (Å²) < 4.78 is 0. The SMILES string of the molecule is CCC(C)c1nc(N(C)CCSC)sc1CN. The lowest BCUT2D eigenvalue weighted by Gasteiger charge is -2.14. The summed E-state index contributed by atoms with van der Waals surface area (Å²) in [5, 5.41) is 1.11. The summed E-state index contributed by atoms with van der Waals surface area (Å²) in [6.45, 7) is 6.06. The van der Waals surface area contributed by atoms with E-state index >= 15 is 0 Å². The van der Waals surface area contributed by atoms with Gasteiger partial charge in [0.05, 0.1) is 5.69 Å². The monoisotopic (exact) mass is 273 g/mol. The van der Waals surface area contributed by atoms with Gasteiger partial charge in [-0.15, -0.1) is 11.3 Å². The van der Waals surface area contributed by atoms with E-state index in [1.165, 1.54) is 10.6 Å². The Bertz CT molecular complexity index is 338. The Morgan fingerprint density at radius 2 is 2.24 bits per heavy atom. The summed E-state index contributed by atoms with van der Waals surface area (Å²) in [6.07, 6.45) is 3.25. The van der Waals surface area contributed by atoms with Gasteiger partial charge in [-0.25, -0.2) is 4.98 Å². The van der Waals surface area contributed by atoms with Crippen LogP contribution >= 0.6 is 23.1 Å². The Morgan fingerprint density at radius 3 is 2.76 bits per heavy atom. The molecule has 0 fully saturated rings. The van der Waals surface area contributed by atoms with Gasteiger partial charge in [0.2, 0.25) is 0 Å². The van der Waals surface area contributed by atoms with Crippen molar-refractivity contribution in [1.29, 1.82) is 0 Å². The van der Waals surface area contributed by atoms with E-state index in [0.717, 1.165) is 23.8 Å². The second-order valence-electron chi connectivity index (χ2n) is 4.23. The summed E-state index contributed by atoms with van der Waals surface area (Å²) in [4.78, 5) is 8.23. The van der Waals surface area contributed by atoms with Crippen molar-refractivity contribution in [3.8, 4) is 0 Å². The minimum atomic E-state index is 0.507. The van der Waals surface area contributed by atoms with Crippen LogP contribution < -0.4 is 10.6 Å². The Hall–Kier alpha value is -0.260. The highest BCUT2D eigenvalue weighted by atomic mass is 32.2. The van der Waals surface area contributed by atoms with E-state index in [0.29, 0.717) is 12.5 Å². The molecular formula is C12H23N3S2. The van der Waals surface area contributed by atoms with E-state index in [1.807, 2.05) is 11.8 Å². The van der Waals surface area contributed by atoms with Gasteiger partial charge in [0.15, 0.2) is 5.13 Å². The highest BCUT2D eigenvalue weighted by Crippen LogP contribution is 2.31. The van der Waals surface area contributed by atoms with Crippen LogP contribution in [0, 0.1) is 0 Å². The first-order chi connectivity index (χ1) is 8.13. The van der Waals surface area contributed by atoms with Gasteiger partial charge in [0, 0.05) is 30.8 Å². The van der Waals surface area contributed by atoms with Crippen molar-refractivity contribution in [1.82, 2.24) is 4.98 Å². The summed E-state index contributed by atoms with van der Waals surface area (Å²) in [5.41, 5.74) is 7.00. The molecule has 1 heterocycles. The molecule has 0 saturated heterocycles. The molecule has 0 aliphatic carbocycles. The fourth-order valence-corrected chi connectivity index (χ4v) is 3.07. The molecule has 1 unspecified atom stereocenters. The lowest BCUT2D eigenvalue weighted by molar-refractivity contribution is 0.702. The Morgan fingerprint density at radius 1 is 1.53 bits per heavy atom. The van der Waals surface area contributed by atoms with Gasteiger partial charge in [0.1, 0.15) is 0 Å². The average molecular weight is 273 g/mol. The first-order valence-corrected chi connectivity index (χ1v) is 8.24. The first-order valence-electron chi connectivity index (χ1n) is 6.03. The first kappa shape index (κ1) is 14.8. The fraction of sp³-hybridized carbons (Fsp3) is 0.750. The second kappa shape index (κ2) is 7.24. The molecule has 1 atom stereocenters. The minimum absolute atomic E-state index is 0.507.